The van der Waals surface area contributed by atoms with Gasteiger partial charge < -0.3 is 20.4 Å². The molecular formula is C20H30N6. The van der Waals surface area contributed by atoms with Crippen molar-refractivity contribution in [1.29, 1.82) is 0 Å². The largest absolute Gasteiger partial charge is 0.372 e. The van der Waals surface area contributed by atoms with Crippen LogP contribution in [0.15, 0.2) is 36.5 Å². The van der Waals surface area contributed by atoms with Gasteiger partial charge in [-0.25, -0.2) is 4.98 Å². The van der Waals surface area contributed by atoms with Gasteiger partial charge in [0.05, 0.1) is 0 Å². The van der Waals surface area contributed by atoms with Gasteiger partial charge in [0.25, 0.3) is 0 Å². The van der Waals surface area contributed by atoms with Gasteiger partial charge in [-0.3, -0.25) is 0 Å². The molecule has 26 heavy (non-hydrogen) atoms. The second-order valence-corrected chi connectivity index (χ2v) is 7.34. The van der Waals surface area contributed by atoms with Gasteiger partial charge in [-0.1, -0.05) is 6.92 Å². The Kier molecular flexibility index (Phi) is 6.28. The van der Waals surface area contributed by atoms with E-state index >= 15 is 0 Å². The maximum atomic E-state index is 4.52. The number of hydrogen-bond donors (Lipinski definition) is 2. The lowest BCUT2D eigenvalue weighted by Gasteiger charge is -2.32. The highest BCUT2D eigenvalue weighted by Crippen LogP contribution is 2.25. The molecule has 3 rings (SSSR count). The number of rotatable bonds is 7. The molecule has 1 aromatic carbocycles. The molecule has 6 nitrogen and oxygen atoms in total. The minimum absolute atomic E-state index is 0.611. The summed E-state index contributed by atoms with van der Waals surface area (Å²) in [4.78, 5) is 13.4. The Morgan fingerprint density at radius 2 is 1.85 bits per heavy atom. The topological polar surface area (TPSA) is 56.3 Å². The smallest absolute Gasteiger partial charge is 0.229 e. The van der Waals surface area contributed by atoms with Gasteiger partial charge in [-0.05, 0) is 63.2 Å². The van der Waals surface area contributed by atoms with Crippen LogP contribution < -0.4 is 15.5 Å². The van der Waals surface area contributed by atoms with Gasteiger partial charge in [-0.2, -0.15) is 4.98 Å². The predicted molar refractivity (Wildman–Crippen MR) is 109 cm³/mol. The fraction of sp³-hybridized carbons (Fsp3) is 0.500. The Balaban J connectivity index is 1.57. The van der Waals surface area contributed by atoms with Gasteiger partial charge in [0, 0.05) is 43.8 Å². The zero-order chi connectivity index (χ0) is 18.4. The quantitative estimate of drug-likeness (QED) is 0.794. The van der Waals surface area contributed by atoms with Gasteiger partial charge >= 0.3 is 0 Å². The molecule has 2 heterocycles. The monoisotopic (exact) mass is 354 g/mol. The number of likely N-dealkylation sites (N-methyl/N-ethyl adjacent to an activating group) is 1. The van der Waals surface area contributed by atoms with E-state index in [-0.39, 0.29) is 0 Å². The van der Waals surface area contributed by atoms with Crippen LogP contribution in [-0.4, -0.2) is 55.1 Å². The molecule has 1 aromatic heterocycles. The molecule has 2 N–H and O–H groups in total. The summed E-state index contributed by atoms with van der Waals surface area (Å²) in [5.74, 6) is 2.30. The number of hydrogen-bond acceptors (Lipinski definition) is 6. The number of nitrogens with one attached hydrogen (secondary N) is 2. The van der Waals surface area contributed by atoms with Crippen molar-refractivity contribution in [1.82, 2.24) is 14.9 Å². The molecular weight excluding hydrogens is 324 g/mol. The molecule has 1 aliphatic rings. The SMILES string of the molecule is CC1CCN(c2ccc(Nc3nccc(NCCN(C)C)n3)cc2)CC1. The van der Waals surface area contributed by atoms with Crippen LogP contribution in [0.1, 0.15) is 19.8 Å². The fourth-order valence-corrected chi connectivity index (χ4v) is 3.08. The summed E-state index contributed by atoms with van der Waals surface area (Å²) in [5.41, 5.74) is 2.30. The van der Waals surface area contributed by atoms with Crippen molar-refractivity contribution in [2.45, 2.75) is 19.8 Å². The van der Waals surface area contributed by atoms with E-state index in [0.29, 0.717) is 5.95 Å². The maximum Gasteiger partial charge on any atom is 0.229 e. The Morgan fingerprint density at radius 3 is 2.54 bits per heavy atom. The summed E-state index contributed by atoms with van der Waals surface area (Å²) in [5, 5.41) is 6.61. The summed E-state index contributed by atoms with van der Waals surface area (Å²) in [7, 11) is 4.12. The van der Waals surface area contributed by atoms with Crippen LogP contribution in [0.5, 0.6) is 0 Å². The summed E-state index contributed by atoms with van der Waals surface area (Å²) < 4.78 is 0. The first kappa shape index (κ1) is 18.5. The third-order valence-electron chi connectivity index (χ3n) is 4.79. The van der Waals surface area contributed by atoms with Crippen molar-refractivity contribution in [2.24, 2.45) is 5.92 Å². The van der Waals surface area contributed by atoms with Crippen molar-refractivity contribution in [3.63, 3.8) is 0 Å². The van der Waals surface area contributed by atoms with Crippen molar-refractivity contribution in [2.75, 3.05) is 55.8 Å². The molecule has 0 unspecified atom stereocenters. The molecule has 140 valence electrons. The van der Waals surface area contributed by atoms with Crippen molar-refractivity contribution in [3.05, 3.63) is 36.5 Å². The first-order valence-corrected chi connectivity index (χ1v) is 9.44. The summed E-state index contributed by atoms with van der Waals surface area (Å²) in [6, 6.07) is 10.4. The Hall–Kier alpha value is -2.34. The fourth-order valence-electron chi connectivity index (χ4n) is 3.08. The van der Waals surface area contributed by atoms with E-state index in [9.17, 15) is 0 Å². The predicted octanol–water partition coefficient (Wildman–Crippen LogP) is 3.43. The van der Waals surface area contributed by atoms with Crippen molar-refractivity contribution < 1.29 is 0 Å². The van der Waals surface area contributed by atoms with Crippen LogP contribution in [0, 0.1) is 5.92 Å². The second-order valence-electron chi connectivity index (χ2n) is 7.34. The van der Waals surface area contributed by atoms with Crippen molar-refractivity contribution in [3.8, 4) is 0 Å². The Labute approximate surface area is 156 Å². The molecule has 0 spiro atoms. The molecule has 0 amide bonds. The van der Waals surface area contributed by atoms with E-state index in [1.54, 1.807) is 6.20 Å². The molecule has 0 aliphatic carbocycles. The minimum Gasteiger partial charge on any atom is -0.372 e. The number of nitrogens with zero attached hydrogens (tertiary/aromatic N) is 4. The molecule has 0 saturated carbocycles. The Bertz CT molecular complexity index is 677. The average Bonchev–Trinajstić information content (AvgIpc) is 2.63. The molecule has 0 radical (unpaired) electrons. The maximum absolute atomic E-state index is 4.52. The number of piperidine rings is 1. The summed E-state index contributed by atoms with van der Waals surface area (Å²) in [6.45, 7) is 6.46. The minimum atomic E-state index is 0.611. The van der Waals surface area contributed by atoms with Crippen LogP contribution in [0.2, 0.25) is 0 Å². The number of anilines is 4. The van der Waals surface area contributed by atoms with Crippen LogP contribution in [-0.2, 0) is 0 Å². The molecule has 2 aromatic rings. The van der Waals surface area contributed by atoms with E-state index in [4.69, 9.17) is 0 Å². The van der Waals surface area contributed by atoms with Crippen LogP contribution in [0.4, 0.5) is 23.1 Å². The average molecular weight is 355 g/mol. The highest BCUT2D eigenvalue weighted by Gasteiger charge is 2.15. The van der Waals surface area contributed by atoms with Gasteiger partial charge in [0.1, 0.15) is 5.82 Å². The van der Waals surface area contributed by atoms with Gasteiger partial charge in [0.2, 0.25) is 5.95 Å². The molecule has 0 bridgehead atoms. The summed E-state index contributed by atoms with van der Waals surface area (Å²) >= 11 is 0. The normalized spacial score (nSPS) is 15.3. The Morgan fingerprint density at radius 1 is 1.12 bits per heavy atom. The second kappa shape index (κ2) is 8.85. The van der Waals surface area contributed by atoms with Crippen LogP contribution in [0.3, 0.4) is 0 Å². The lowest BCUT2D eigenvalue weighted by atomic mass is 9.99. The number of aromatic nitrogens is 2. The first-order valence-electron chi connectivity index (χ1n) is 9.44. The molecule has 1 fully saturated rings. The lowest BCUT2D eigenvalue weighted by Crippen LogP contribution is -2.32. The summed E-state index contributed by atoms with van der Waals surface area (Å²) in [6.07, 6.45) is 4.33. The lowest BCUT2D eigenvalue weighted by molar-refractivity contribution is 0.425. The highest BCUT2D eigenvalue weighted by atomic mass is 15.2. The standard InChI is InChI=1S/C20H30N6/c1-16-9-13-26(14-10-16)18-6-4-17(5-7-18)23-20-22-11-8-19(24-20)21-12-15-25(2)3/h4-8,11,16H,9-10,12-15H2,1-3H3,(H2,21,22,23,24). The highest BCUT2D eigenvalue weighted by molar-refractivity contribution is 5.60. The van der Waals surface area contributed by atoms with Crippen LogP contribution in [0.25, 0.3) is 0 Å². The van der Waals surface area contributed by atoms with E-state index < -0.39 is 0 Å². The van der Waals surface area contributed by atoms with Crippen molar-refractivity contribution >= 4 is 23.1 Å². The molecule has 1 saturated heterocycles. The van der Waals surface area contributed by atoms with Gasteiger partial charge in [-0.15, -0.1) is 0 Å². The van der Waals surface area contributed by atoms with E-state index in [1.165, 1.54) is 18.5 Å². The van der Waals surface area contributed by atoms with E-state index in [0.717, 1.165) is 43.6 Å². The van der Waals surface area contributed by atoms with Crippen LogP contribution >= 0.6 is 0 Å². The van der Waals surface area contributed by atoms with E-state index in [2.05, 4.69) is 75.7 Å². The first-order chi connectivity index (χ1) is 12.6. The zero-order valence-electron chi connectivity index (χ0n) is 16.1. The molecule has 0 atom stereocenters. The third-order valence-corrected chi connectivity index (χ3v) is 4.79. The number of benzene rings is 1. The third kappa shape index (κ3) is 5.33. The zero-order valence-corrected chi connectivity index (χ0v) is 16.1. The molecule has 1 aliphatic heterocycles. The van der Waals surface area contributed by atoms with E-state index in [1.807, 2.05) is 6.07 Å². The molecule has 6 heteroatoms. The van der Waals surface area contributed by atoms with Gasteiger partial charge in [0.15, 0.2) is 0 Å².